The van der Waals surface area contributed by atoms with Gasteiger partial charge in [-0.3, -0.25) is 4.79 Å². The molecule has 0 bridgehead atoms. The van der Waals surface area contributed by atoms with Crippen LogP contribution in [0.25, 0.3) is 5.88 Å². The van der Waals surface area contributed by atoms with Crippen molar-refractivity contribution >= 4 is 18.1 Å². The number of amides is 1. The molecule has 1 aliphatic rings. The molecule has 2 heterocycles. The molecule has 1 saturated heterocycles. The molecule has 1 aromatic heterocycles. The van der Waals surface area contributed by atoms with Crippen molar-refractivity contribution in [3.8, 4) is 0 Å². The normalized spacial score (nSPS) is 20.7. The number of nitrogens with zero attached hydrogens (tertiary/aromatic N) is 2. The average Bonchev–Trinajstić information content (AvgIpc) is 2.83. The fourth-order valence-electron chi connectivity index (χ4n) is 2.13. The summed E-state index contributed by atoms with van der Waals surface area (Å²) in [7, 11) is 0. The number of carbonyl (C=O) groups is 1. The highest BCUT2D eigenvalue weighted by molar-refractivity contribution is 5.70. The van der Waals surface area contributed by atoms with Crippen molar-refractivity contribution in [3.63, 3.8) is 0 Å². The first-order chi connectivity index (χ1) is 8.76. The van der Waals surface area contributed by atoms with Crippen LogP contribution in [0, 0.1) is 0 Å². The van der Waals surface area contributed by atoms with Gasteiger partial charge in [-0.05, 0) is 32.4 Å². The molecule has 0 aromatic carbocycles. The van der Waals surface area contributed by atoms with Crippen molar-refractivity contribution < 1.29 is 9.90 Å². The zero-order chi connectivity index (χ0) is 13.0. The topological polar surface area (TPSA) is 79.2 Å². The molecule has 1 atom stereocenters. The van der Waals surface area contributed by atoms with Crippen molar-refractivity contribution in [3.05, 3.63) is 17.8 Å². The summed E-state index contributed by atoms with van der Waals surface area (Å²) < 4.78 is 1.33. The number of piperidine rings is 1. The second-order valence-corrected chi connectivity index (χ2v) is 4.28. The Labute approximate surface area is 106 Å². The van der Waals surface area contributed by atoms with Crippen LogP contribution in [0.5, 0.6) is 0 Å². The molecule has 0 radical (unpaired) electrons. The van der Waals surface area contributed by atoms with Crippen molar-refractivity contribution in [2.75, 3.05) is 11.9 Å². The molecule has 0 aliphatic carbocycles. The first-order valence-corrected chi connectivity index (χ1v) is 6.15. The predicted octanol–water partition coefficient (Wildman–Crippen LogP) is 1.64. The van der Waals surface area contributed by atoms with Gasteiger partial charge >= 0.3 is 0 Å². The number of aliphatic hydroxyl groups excluding tert-OH is 1. The van der Waals surface area contributed by atoms with Gasteiger partial charge in [0.15, 0.2) is 0 Å². The molecule has 2 rings (SSSR count). The van der Waals surface area contributed by atoms with Crippen LogP contribution in [0.15, 0.2) is 12.1 Å². The van der Waals surface area contributed by atoms with Crippen LogP contribution < -0.4 is 10.6 Å². The Hall–Kier alpha value is -1.82. The quantitative estimate of drug-likeness (QED) is 0.560. The fraction of sp³-hybridized carbons (Fsp3) is 0.500. The first kappa shape index (κ1) is 12.6. The minimum Gasteiger partial charge on any atom is -0.493 e. The number of allylic oxidation sites excluding steroid dienone is 1. The zero-order valence-corrected chi connectivity index (χ0v) is 10.4. The van der Waals surface area contributed by atoms with Crippen LogP contribution in [0.4, 0.5) is 5.82 Å². The molecular formula is C12H18N4O2. The molecule has 1 aromatic rings. The molecule has 1 unspecified atom stereocenters. The highest BCUT2D eigenvalue weighted by Gasteiger charge is 2.20. The van der Waals surface area contributed by atoms with Gasteiger partial charge in [0.1, 0.15) is 5.82 Å². The van der Waals surface area contributed by atoms with Crippen LogP contribution in [0.1, 0.15) is 37.9 Å². The van der Waals surface area contributed by atoms with E-state index in [1.807, 2.05) is 0 Å². The van der Waals surface area contributed by atoms with E-state index in [1.54, 1.807) is 13.0 Å². The number of hydrogen-bond donors (Lipinski definition) is 3. The molecule has 98 valence electrons. The number of nitrogens with one attached hydrogen (secondary N) is 2. The minimum atomic E-state index is 0.00131. The second-order valence-electron chi connectivity index (χ2n) is 4.28. The maximum Gasteiger partial charge on any atom is 0.212 e. The van der Waals surface area contributed by atoms with Gasteiger partial charge in [-0.2, -0.15) is 9.78 Å². The largest absolute Gasteiger partial charge is 0.493 e. The SMILES string of the molecule is C/C=C(/O)n1nc(C2CCCCN2)cc1NC=O. The van der Waals surface area contributed by atoms with Gasteiger partial charge < -0.3 is 15.7 Å². The number of aromatic nitrogens is 2. The molecule has 6 nitrogen and oxygen atoms in total. The third-order valence-corrected chi connectivity index (χ3v) is 3.08. The molecule has 1 fully saturated rings. The Morgan fingerprint density at radius 1 is 1.67 bits per heavy atom. The Morgan fingerprint density at radius 3 is 3.11 bits per heavy atom. The molecule has 1 amide bonds. The molecule has 0 saturated carbocycles. The lowest BCUT2D eigenvalue weighted by molar-refractivity contribution is -0.105. The van der Waals surface area contributed by atoms with Crippen molar-refractivity contribution in [1.82, 2.24) is 15.1 Å². The summed E-state index contributed by atoms with van der Waals surface area (Å²) >= 11 is 0. The van der Waals surface area contributed by atoms with Crippen LogP contribution in [0.2, 0.25) is 0 Å². The Morgan fingerprint density at radius 2 is 2.50 bits per heavy atom. The average molecular weight is 250 g/mol. The summed E-state index contributed by atoms with van der Waals surface area (Å²) in [4.78, 5) is 10.6. The summed E-state index contributed by atoms with van der Waals surface area (Å²) in [6.07, 6.45) is 5.47. The van der Waals surface area contributed by atoms with E-state index in [1.165, 1.54) is 17.2 Å². The third kappa shape index (κ3) is 2.53. The van der Waals surface area contributed by atoms with Crippen LogP contribution in [0.3, 0.4) is 0 Å². The summed E-state index contributed by atoms with van der Waals surface area (Å²) in [5.74, 6) is 0.476. The first-order valence-electron chi connectivity index (χ1n) is 6.15. The van der Waals surface area contributed by atoms with E-state index in [-0.39, 0.29) is 11.9 Å². The second kappa shape index (κ2) is 5.68. The third-order valence-electron chi connectivity index (χ3n) is 3.08. The predicted molar refractivity (Wildman–Crippen MR) is 69.1 cm³/mol. The number of aliphatic hydroxyl groups is 1. The number of hydrogen-bond acceptors (Lipinski definition) is 4. The maximum atomic E-state index is 10.6. The summed E-state index contributed by atoms with van der Waals surface area (Å²) in [5.41, 5.74) is 0.840. The zero-order valence-electron chi connectivity index (χ0n) is 10.4. The number of rotatable bonds is 4. The van der Waals surface area contributed by atoms with E-state index in [0.717, 1.165) is 25.1 Å². The van der Waals surface area contributed by atoms with Crippen LogP contribution in [-0.2, 0) is 4.79 Å². The van der Waals surface area contributed by atoms with Gasteiger partial charge in [0, 0.05) is 6.07 Å². The Bertz CT molecular complexity index is 447. The van der Waals surface area contributed by atoms with E-state index in [9.17, 15) is 9.90 Å². The summed E-state index contributed by atoms with van der Waals surface area (Å²) in [5, 5.41) is 20.0. The summed E-state index contributed by atoms with van der Waals surface area (Å²) in [6.45, 7) is 2.68. The monoisotopic (exact) mass is 250 g/mol. The lowest BCUT2D eigenvalue weighted by Gasteiger charge is -2.21. The Balaban J connectivity index is 2.28. The van der Waals surface area contributed by atoms with E-state index in [0.29, 0.717) is 12.2 Å². The van der Waals surface area contributed by atoms with Gasteiger partial charge in [-0.25, -0.2) is 0 Å². The lowest BCUT2D eigenvalue weighted by atomic mass is 10.0. The van der Waals surface area contributed by atoms with Crippen molar-refractivity contribution in [2.45, 2.75) is 32.2 Å². The van der Waals surface area contributed by atoms with Crippen LogP contribution in [-0.4, -0.2) is 27.8 Å². The molecule has 1 aliphatic heterocycles. The van der Waals surface area contributed by atoms with Crippen LogP contribution >= 0.6 is 0 Å². The van der Waals surface area contributed by atoms with Gasteiger partial charge in [0.05, 0.1) is 11.7 Å². The summed E-state index contributed by atoms with van der Waals surface area (Å²) in [6, 6.07) is 1.98. The van der Waals surface area contributed by atoms with Crippen molar-refractivity contribution in [1.29, 1.82) is 0 Å². The van der Waals surface area contributed by atoms with Gasteiger partial charge in [-0.15, -0.1) is 0 Å². The highest BCUT2D eigenvalue weighted by atomic mass is 16.3. The van der Waals surface area contributed by atoms with E-state index in [2.05, 4.69) is 15.7 Å². The molecule has 6 heteroatoms. The highest BCUT2D eigenvalue weighted by Crippen LogP contribution is 2.25. The van der Waals surface area contributed by atoms with E-state index >= 15 is 0 Å². The molecule has 0 spiro atoms. The fourth-order valence-corrected chi connectivity index (χ4v) is 2.13. The number of anilines is 1. The molecular weight excluding hydrogens is 232 g/mol. The van der Waals surface area contributed by atoms with Gasteiger partial charge in [-0.1, -0.05) is 6.42 Å². The molecule has 3 N–H and O–H groups in total. The minimum absolute atomic E-state index is 0.00131. The smallest absolute Gasteiger partial charge is 0.212 e. The van der Waals surface area contributed by atoms with Crippen molar-refractivity contribution in [2.24, 2.45) is 0 Å². The van der Waals surface area contributed by atoms with E-state index in [4.69, 9.17) is 0 Å². The molecule has 18 heavy (non-hydrogen) atoms. The van der Waals surface area contributed by atoms with E-state index < -0.39 is 0 Å². The van der Waals surface area contributed by atoms with Gasteiger partial charge in [0.25, 0.3) is 0 Å². The number of carbonyl (C=O) groups excluding carboxylic acids is 1. The lowest BCUT2D eigenvalue weighted by Crippen LogP contribution is -2.27. The van der Waals surface area contributed by atoms with Gasteiger partial charge in [0.2, 0.25) is 12.3 Å². The Kier molecular flexibility index (Phi) is 3.99. The standard InChI is InChI=1S/C12H18N4O2/c1-2-12(18)16-11(14-8-17)7-10(15-16)9-5-3-4-6-13-9/h2,7-9,13,18H,3-6H2,1H3,(H,14,17)/b12-2+. The maximum absolute atomic E-state index is 10.6.